The van der Waals surface area contributed by atoms with Gasteiger partial charge < -0.3 is 0 Å². The molecule has 4 nitrogen and oxygen atoms in total. The number of carbonyl (C=O) groups is 1. The average Bonchev–Trinajstić information content (AvgIpc) is 3.56. The van der Waals surface area contributed by atoms with Gasteiger partial charge in [0.1, 0.15) is 11.6 Å². The lowest BCUT2D eigenvalue weighted by molar-refractivity contribution is -0.126. The van der Waals surface area contributed by atoms with Gasteiger partial charge in [-0.2, -0.15) is 0 Å². The van der Waals surface area contributed by atoms with Gasteiger partial charge in [-0.1, -0.05) is 18.2 Å². The van der Waals surface area contributed by atoms with Crippen LogP contribution in [0.1, 0.15) is 37.3 Å². The van der Waals surface area contributed by atoms with E-state index in [4.69, 9.17) is 0 Å². The molecule has 30 heavy (non-hydrogen) atoms. The average molecular weight is 452 g/mol. The predicted octanol–water partition coefficient (Wildman–Crippen LogP) is 4.57. The molecule has 1 atom stereocenters. The van der Waals surface area contributed by atoms with E-state index in [2.05, 4.69) is 0 Å². The Hall–Kier alpha value is -1.77. The quantitative estimate of drug-likeness (QED) is 0.577. The summed E-state index contributed by atoms with van der Waals surface area (Å²) in [7, 11) is -2.70. The topological polar surface area (TPSA) is 54.5 Å². The van der Waals surface area contributed by atoms with Crippen molar-refractivity contribution >= 4 is 25.4 Å². The highest BCUT2D eigenvalue weighted by Gasteiger charge is 2.40. The van der Waals surface area contributed by atoms with Crippen molar-refractivity contribution in [2.75, 3.05) is 13.1 Å². The molecule has 0 spiro atoms. The van der Waals surface area contributed by atoms with Crippen molar-refractivity contribution < 1.29 is 22.0 Å². The molecule has 160 valence electrons. The van der Waals surface area contributed by atoms with E-state index in [1.807, 2.05) is 4.90 Å². The van der Waals surface area contributed by atoms with E-state index in [1.165, 1.54) is 18.2 Å². The largest absolute Gasteiger partial charge is 0.297 e. The van der Waals surface area contributed by atoms with Crippen molar-refractivity contribution in [2.24, 2.45) is 5.92 Å². The summed E-state index contributed by atoms with van der Waals surface area (Å²) in [6.07, 6.45) is 2.86. The summed E-state index contributed by atoms with van der Waals surface area (Å²) < 4.78 is 52.8. The Labute approximate surface area is 179 Å². The van der Waals surface area contributed by atoms with Crippen LogP contribution in [0.3, 0.4) is 0 Å². The summed E-state index contributed by atoms with van der Waals surface area (Å²) in [4.78, 5) is 15.0. The standard InChI is InChI=1S/C22H23F2NO3S2/c23-16-7-9-18(10-8-16)30(27,28)29-17-11-13-25(14-12-17)21(22(26)15-5-6-15)19-3-1-2-4-20(19)24/h1-4,7-10,15,17,21H,5-6,11-14H2. The highest BCUT2D eigenvalue weighted by molar-refractivity contribution is 8.72. The number of rotatable bonds is 7. The van der Waals surface area contributed by atoms with Gasteiger partial charge in [0, 0.05) is 29.8 Å². The normalized spacial score (nSPS) is 19.5. The van der Waals surface area contributed by atoms with E-state index in [1.54, 1.807) is 18.2 Å². The molecular weight excluding hydrogens is 428 g/mol. The third-order valence-electron chi connectivity index (χ3n) is 5.66. The molecule has 1 heterocycles. The van der Waals surface area contributed by atoms with Crippen LogP contribution in [0.2, 0.25) is 0 Å². The van der Waals surface area contributed by atoms with Crippen LogP contribution in [0.15, 0.2) is 53.4 Å². The van der Waals surface area contributed by atoms with Crippen molar-refractivity contribution in [3.05, 3.63) is 65.7 Å². The van der Waals surface area contributed by atoms with Crippen LogP contribution in [-0.4, -0.2) is 37.4 Å². The number of hydrogen-bond donors (Lipinski definition) is 0. The lowest BCUT2D eigenvalue weighted by atomic mass is 9.95. The van der Waals surface area contributed by atoms with Crippen LogP contribution < -0.4 is 0 Å². The molecule has 0 aromatic heterocycles. The number of benzene rings is 2. The maximum atomic E-state index is 14.5. The number of carbonyl (C=O) groups excluding carboxylic acids is 1. The van der Waals surface area contributed by atoms with Crippen molar-refractivity contribution in [3.63, 3.8) is 0 Å². The fourth-order valence-corrected chi connectivity index (χ4v) is 7.55. The first-order chi connectivity index (χ1) is 14.3. The van der Waals surface area contributed by atoms with Gasteiger partial charge in [-0.25, -0.2) is 17.2 Å². The van der Waals surface area contributed by atoms with Crippen LogP contribution in [0.5, 0.6) is 0 Å². The second-order valence-corrected chi connectivity index (χ2v) is 12.0. The van der Waals surface area contributed by atoms with Gasteiger partial charge in [0.25, 0.3) is 0 Å². The van der Waals surface area contributed by atoms with Gasteiger partial charge in [0.05, 0.1) is 10.9 Å². The van der Waals surface area contributed by atoms with Crippen LogP contribution in [0.4, 0.5) is 8.78 Å². The van der Waals surface area contributed by atoms with Crippen LogP contribution in [0, 0.1) is 17.6 Å². The number of nitrogens with zero attached hydrogens (tertiary/aromatic N) is 1. The van der Waals surface area contributed by atoms with Crippen LogP contribution in [0.25, 0.3) is 0 Å². The Kier molecular flexibility index (Phi) is 6.27. The molecule has 1 saturated carbocycles. The van der Waals surface area contributed by atoms with Gasteiger partial charge in [-0.15, -0.1) is 0 Å². The molecule has 2 fully saturated rings. The molecule has 1 unspecified atom stereocenters. The molecule has 1 aliphatic carbocycles. The van der Waals surface area contributed by atoms with Gasteiger partial charge in [0.2, 0.25) is 8.87 Å². The minimum Gasteiger partial charge on any atom is -0.297 e. The van der Waals surface area contributed by atoms with E-state index in [-0.39, 0.29) is 27.7 Å². The zero-order valence-electron chi connectivity index (χ0n) is 16.3. The summed E-state index contributed by atoms with van der Waals surface area (Å²) in [5.41, 5.74) is 0.402. The van der Waals surface area contributed by atoms with Gasteiger partial charge in [0.15, 0.2) is 5.78 Å². The summed E-state index contributed by atoms with van der Waals surface area (Å²) >= 11 is 0. The Bertz CT molecular complexity index is 1010. The van der Waals surface area contributed by atoms with Gasteiger partial charge >= 0.3 is 0 Å². The number of ketones is 1. The van der Waals surface area contributed by atoms with E-state index in [0.29, 0.717) is 31.5 Å². The van der Waals surface area contributed by atoms with Crippen molar-refractivity contribution in [1.29, 1.82) is 0 Å². The molecule has 2 aromatic carbocycles. The molecule has 2 aliphatic rings. The lowest BCUT2D eigenvalue weighted by Gasteiger charge is -2.36. The molecule has 0 bridgehead atoms. The molecule has 8 heteroatoms. The van der Waals surface area contributed by atoms with Crippen LogP contribution in [-0.2, 0) is 13.7 Å². The van der Waals surface area contributed by atoms with Crippen molar-refractivity contribution in [2.45, 2.75) is 41.9 Å². The van der Waals surface area contributed by atoms with E-state index >= 15 is 0 Å². The minimum absolute atomic E-state index is 0.000517. The van der Waals surface area contributed by atoms with E-state index < -0.39 is 20.7 Å². The molecule has 0 radical (unpaired) electrons. The number of piperidine rings is 1. The molecule has 1 aliphatic heterocycles. The summed E-state index contributed by atoms with van der Waals surface area (Å²) in [6, 6.07) is 10.6. The van der Waals surface area contributed by atoms with Crippen molar-refractivity contribution in [3.8, 4) is 0 Å². The second kappa shape index (κ2) is 8.77. The smallest absolute Gasteiger partial charge is 0.230 e. The van der Waals surface area contributed by atoms with Gasteiger partial charge in [-0.3, -0.25) is 9.69 Å². The third-order valence-corrected chi connectivity index (χ3v) is 9.66. The molecule has 0 N–H and O–H groups in total. The summed E-state index contributed by atoms with van der Waals surface area (Å²) in [5.74, 6) is -0.802. The Balaban J connectivity index is 1.45. The SMILES string of the molecule is O=C(C1CC1)C(c1ccccc1F)N1CCC(SS(=O)(=O)c2ccc(F)cc2)CC1. The molecule has 1 saturated heterocycles. The number of Topliss-reactive ketones (excluding diaryl/α,β-unsaturated/α-hetero) is 1. The molecular formula is C22H23F2NO3S2. The van der Waals surface area contributed by atoms with E-state index in [0.717, 1.165) is 35.8 Å². The predicted molar refractivity (Wildman–Crippen MR) is 113 cm³/mol. The van der Waals surface area contributed by atoms with E-state index in [9.17, 15) is 22.0 Å². The fourth-order valence-electron chi connectivity index (χ4n) is 3.88. The zero-order chi connectivity index (χ0) is 21.3. The van der Waals surface area contributed by atoms with Crippen molar-refractivity contribution in [1.82, 2.24) is 4.90 Å². The molecule has 0 amide bonds. The fraction of sp³-hybridized carbons (Fsp3) is 0.409. The first kappa shape index (κ1) is 21.5. The van der Waals surface area contributed by atoms with Gasteiger partial charge in [-0.05, 0) is 66.8 Å². The number of hydrogen-bond acceptors (Lipinski definition) is 5. The first-order valence-electron chi connectivity index (χ1n) is 10.1. The summed E-state index contributed by atoms with van der Waals surface area (Å²) in [6.45, 7) is 1.04. The Morgan fingerprint density at radius 3 is 2.20 bits per heavy atom. The van der Waals surface area contributed by atoms with Crippen LogP contribution >= 0.6 is 10.8 Å². The Morgan fingerprint density at radius 2 is 1.60 bits per heavy atom. The third kappa shape index (κ3) is 4.76. The molecule has 4 rings (SSSR count). The monoisotopic (exact) mass is 451 g/mol. The Morgan fingerprint density at radius 1 is 0.967 bits per heavy atom. The highest BCUT2D eigenvalue weighted by atomic mass is 33.1. The highest BCUT2D eigenvalue weighted by Crippen LogP contribution is 2.40. The maximum absolute atomic E-state index is 14.5. The number of likely N-dealkylation sites (tertiary alicyclic amines) is 1. The lowest BCUT2D eigenvalue weighted by Crippen LogP contribution is -2.42. The molecule has 2 aromatic rings. The zero-order valence-corrected chi connectivity index (χ0v) is 18.0. The summed E-state index contributed by atoms with van der Waals surface area (Å²) in [5, 5.41) is -0.131. The minimum atomic E-state index is -3.59. The second-order valence-electron chi connectivity index (χ2n) is 7.84. The first-order valence-corrected chi connectivity index (χ1v) is 12.9. The number of halogens is 2. The maximum Gasteiger partial charge on any atom is 0.230 e.